The van der Waals surface area contributed by atoms with Gasteiger partial charge in [-0.1, -0.05) is 54.6 Å². The molecule has 0 fully saturated rings. The molecule has 2 aromatic heterocycles. The Labute approximate surface area is 206 Å². The van der Waals surface area contributed by atoms with Crippen molar-refractivity contribution in [2.75, 3.05) is 19.8 Å². The highest BCUT2D eigenvalue weighted by molar-refractivity contribution is 6.02. The van der Waals surface area contributed by atoms with Gasteiger partial charge in [-0.3, -0.25) is 4.57 Å². The Kier molecular flexibility index (Phi) is 6.67. The third-order valence-corrected chi connectivity index (χ3v) is 5.67. The predicted octanol–water partition coefficient (Wildman–Crippen LogP) is 3.48. The van der Waals surface area contributed by atoms with Crippen molar-refractivity contribution in [2.24, 2.45) is 0 Å². The standard InChI is InChI=1S/C26H24N6O4/c1-2-35-26-27-22-9-5-8-21(25(34)36-15-14-33)23(22)32(26)16-17-10-12-18(13-11-17)19-6-3-4-7-20(19)24-28-30-31-29-24/h3-13,33H,2,14-16H2,1H3,(H,28,29,30,31). The number of aromatic nitrogens is 6. The van der Waals surface area contributed by atoms with Crippen LogP contribution in [0.2, 0.25) is 0 Å². The fourth-order valence-electron chi connectivity index (χ4n) is 4.11. The smallest absolute Gasteiger partial charge is 0.340 e. The number of hydrogen-bond acceptors (Lipinski definition) is 8. The summed E-state index contributed by atoms with van der Waals surface area (Å²) in [5.41, 5.74) is 5.48. The molecule has 0 saturated carbocycles. The molecule has 3 aromatic carbocycles. The lowest BCUT2D eigenvalue weighted by atomic mass is 9.98. The molecule has 0 aliphatic rings. The predicted molar refractivity (Wildman–Crippen MR) is 132 cm³/mol. The maximum atomic E-state index is 12.7. The minimum Gasteiger partial charge on any atom is -0.465 e. The first kappa shape index (κ1) is 23.2. The maximum absolute atomic E-state index is 12.7. The summed E-state index contributed by atoms with van der Waals surface area (Å²) in [5, 5.41) is 23.4. The summed E-state index contributed by atoms with van der Waals surface area (Å²) in [5.74, 6) is 0.00815. The Balaban J connectivity index is 1.50. The number of carbonyl (C=O) groups excluding carboxylic acids is 1. The van der Waals surface area contributed by atoms with E-state index in [0.29, 0.717) is 41.6 Å². The monoisotopic (exact) mass is 484 g/mol. The lowest BCUT2D eigenvalue weighted by molar-refractivity contribution is 0.0435. The number of imidazole rings is 1. The maximum Gasteiger partial charge on any atom is 0.340 e. The molecule has 0 radical (unpaired) electrons. The number of aromatic amines is 1. The summed E-state index contributed by atoms with van der Waals surface area (Å²) >= 11 is 0. The number of aliphatic hydroxyl groups excluding tert-OH is 1. The molecule has 0 saturated heterocycles. The van der Waals surface area contributed by atoms with Crippen LogP contribution < -0.4 is 4.74 Å². The van der Waals surface area contributed by atoms with Crippen LogP contribution in [0.4, 0.5) is 0 Å². The summed E-state index contributed by atoms with van der Waals surface area (Å²) in [6.07, 6.45) is 0. The molecule has 2 N–H and O–H groups in total. The molecule has 0 aliphatic carbocycles. The molecular weight excluding hydrogens is 460 g/mol. The number of esters is 1. The van der Waals surface area contributed by atoms with Crippen molar-refractivity contribution in [2.45, 2.75) is 13.5 Å². The van der Waals surface area contributed by atoms with E-state index >= 15 is 0 Å². The lowest BCUT2D eigenvalue weighted by Gasteiger charge is -2.12. The van der Waals surface area contributed by atoms with Crippen LogP contribution in [-0.4, -0.2) is 61.1 Å². The molecule has 10 nitrogen and oxygen atoms in total. The van der Waals surface area contributed by atoms with Crippen LogP contribution in [0.3, 0.4) is 0 Å². The SMILES string of the molecule is CCOc1nc2cccc(C(=O)OCCO)c2n1Cc1ccc(-c2ccccc2-c2nn[nH]n2)cc1. The van der Waals surface area contributed by atoms with Gasteiger partial charge in [-0.25, -0.2) is 4.79 Å². The van der Waals surface area contributed by atoms with Crippen LogP contribution in [0.5, 0.6) is 6.01 Å². The van der Waals surface area contributed by atoms with E-state index in [9.17, 15) is 4.79 Å². The zero-order valence-electron chi connectivity index (χ0n) is 19.6. The van der Waals surface area contributed by atoms with E-state index in [2.05, 4.69) is 25.6 Å². The van der Waals surface area contributed by atoms with Crippen molar-refractivity contribution in [3.63, 3.8) is 0 Å². The minimum atomic E-state index is -0.521. The van der Waals surface area contributed by atoms with Gasteiger partial charge in [-0.15, -0.1) is 10.2 Å². The van der Waals surface area contributed by atoms with Crippen LogP contribution >= 0.6 is 0 Å². The van der Waals surface area contributed by atoms with Gasteiger partial charge in [0, 0.05) is 5.56 Å². The number of carbonyl (C=O) groups is 1. The number of para-hydroxylation sites is 1. The number of benzene rings is 3. The third-order valence-electron chi connectivity index (χ3n) is 5.67. The van der Waals surface area contributed by atoms with Crippen molar-refractivity contribution < 1.29 is 19.4 Å². The van der Waals surface area contributed by atoms with Gasteiger partial charge in [0.2, 0.25) is 5.82 Å². The van der Waals surface area contributed by atoms with Crippen LogP contribution in [0.1, 0.15) is 22.8 Å². The summed E-state index contributed by atoms with van der Waals surface area (Å²) in [6, 6.07) is 21.7. The summed E-state index contributed by atoms with van der Waals surface area (Å²) in [6.45, 7) is 2.43. The molecule has 10 heteroatoms. The molecular formula is C26H24N6O4. The second kappa shape index (κ2) is 10.4. The summed E-state index contributed by atoms with van der Waals surface area (Å²) < 4.78 is 12.8. The minimum absolute atomic E-state index is 0.0749. The van der Waals surface area contributed by atoms with Gasteiger partial charge in [-0.2, -0.15) is 10.2 Å². The van der Waals surface area contributed by atoms with Gasteiger partial charge in [0.1, 0.15) is 6.61 Å². The Hall–Kier alpha value is -4.57. The fraction of sp³-hybridized carbons (Fsp3) is 0.192. The first-order chi connectivity index (χ1) is 17.7. The van der Waals surface area contributed by atoms with E-state index in [1.54, 1.807) is 12.1 Å². The van der Waals surface area contributed by atoms with Crippen molar-refractivity contribution >= 4 is 17.0 Å². The average Bonchev–Trinajstić information content (AvgIpc) is 3.57. The van der Waals surface area contributed by atoms with Gasteiger partial charge in [0.15, 0.2) is 0 Å². The molecule has 5 aromatic rings. The highest BCUT2D eigenvalue weighted by atomic mass is 16.5. The Morgan fingerprint density at radius 2 is 1.83 bits per heavy atom. The van der Waals surface area contributed by atoms with Gasteiger partial charge in [0.05, 0.1) is 36.4 Å². The van der Waals surface area contributed by atoms with E-state index in [1.807, 2.05) is 66.1 Å². The molecule has 182 valence electrons. The normalized spacial score (nSPS) is 11.1. The highest BCUT2D eigenvalue weighted by Gasteiger charge is 2.20. The highest BCUT2D eigenvalue weighted by Crippen LogP contribution is 2.31. The van der Waals surface area contributed by atoms with Crippen LogP contribution in [0.25, 0.3) is 33.5 Å². The average molecular weight is 485 g/mol. The largest absolute Gasteiger partial charge is 0.465 e. The number of ether oxygens (including phenoxy) is 2. The molecule has 0 spiro atoms. The van der Waals surface area contributed by atoms with Crippen molar-refractivity contribution in [3.8, 4) is 28.5 Å². The van der Waals surface area contributed by atoms with E-state index in [-0.39, 0.29) is 13.2 Å². The van der Waals surface area contributed by atoms with E-state index < -0.39 is 5.97 Å². The molecule has 0 bridgehead atoms. The second-order valence-corrected chi connectivity index (χ2v) is 7.92. The Morgan fingerprint density at radius 1 is 1.03 bits per heavy atom. The number of tetrazole rings is 1. The van der Waals surface area contributed by atoms with Crippen LogP contribution in [0.15, 0.2) is 66.7 Å². The van der Waals surface area contributed by atoms with E-state index in [1.165, 1.54) is 0 Å². The third kappa shape index (κ3) is 4.53. The first-order valence-corrected chi connectivity index (χ1v) is 11.5. The topological polar surface area (TPSA) is 128 Å². The molecule has 0 unspecified atom stereocenters. The van der Waals surface area contributed by atoms with Crippen molar-refractivity contribution in [1.82, 2.24) is 30.2 Å². The van der Waals surface area contributed by atoms with Gasteiger partial charge in [0.25, 0.3) is 6.01 Å². The number of H-pyrrole nitrogens is 1. The molecule has 5 rings (SSSR count). The van der Waals surface area contributed by atoms with E-state index in [4.69, 9.17) is 14.6 Å². The quantitative estimate of drug-likeness (QED) is 0.304. The molecule has 36 heavy (non-hydrogen) atoms. The number of nitrogens with one attached hydrogen (secondary N) is 1. The molecule has 0 amide bonds. The number of nitrogens with zero attached hydrogens (tertiary/aromatic N) is 5. The fourth-order valence-corrected chi connectivity index (χ4v) is 4.11. The molecule has 0 atom stereocenters. The van der Waals surface area contributed by atoms with Crippen molar-refractivity contribution in [3.05, 3.63) is 77.9 Å². The van der Waals surface area contributed by atoms with Crippen molar-refractivity contribution in [1.29, 1.82) is 0 Å². The number of fused-ring (bicyclic) bond motifs is 1. The van der Waals surface area contributed by atoms with Crippen LogP contribution in [0, 0.1) is 0 Å². The number of aliphatic hydroxyl groups is 1. The number of hydrogen-bond donors (Lipinski definition) is 2. The second-order valence-electron chi connectivity index (χ2n) is 7.92. The zero-order valence-corrected chi connectivity index (χ0v) is 19.6. The summed E-state index contributed by atoms with van der Waals surface area (Å²) in [7, 11) is 0. The number of rotatable bonds is 9. The summed E-state index contributed by atoms with van der Waals surface area (Å²) in [4.78, 5) is 17.3. The Morgan fingerprint density at radius 3 is 2.56 bits per heavy atom. The molecule has 2 heterocycles. The zero-order chi connectivity index (χ0) is 24.9. The first-order valence-electron chi connectivity index (χ1n) is 11.5. The molecule has 0 aliphatic heterocycles. The Bertz CT molecular complexity index is 1480. The van der Waals surface area contributed by atoms with Crippen LogP contribution in [-0.2, 0) is 11.3 Å². The lowest BCUT2D eigenvalue weighted by Crippen LogP contribution is -2.12. The van der Waals surface area contributed by atoms with E-state index in [0.717, 1.165) is 22.3 Å². The van der Waals surface area contributed by atoms with Gasteiger partial charge < -0.3 is 14.6 Å². The van der Waals surface area contributed by atoms with Gasteiger partial charge >= 0.3 is 5.97 Å². The van der Waals surface area contributed by atoms with Gasteiger partial charge in [-0.05, 0) is 41.0 Å².